The number of amides is 1. The standard InChI is InChI=1S/C26H23F4N3O2/c1-15(32-25(34)26(2,3)30)24(16-4-10-21(28)22(29)13-16)35-20-9-11-23-17(12-20)14-31-33(23)19-7-5-18(27)6-8-19/h4-15,24H,1-3H3,(H,32,34)/t15-,24-/m0/s1. The van der Waals surface area contributed by atoms with E-state index in [0.717, 1.165) is 31.5 Å². The Morgan fingerprint density at radius 3 is 2.37 bits per heavy atom. The second kappa shape index (κ2) is 9.40. The zero-order valence-corrected chi connectivity index (χ0v) is 19.2. The van der Waals surface area contributed by atoms with E-state index in [-0.39, 0.29) is 11.4 Å². The maximum absolute atomic E-state index is 14.1. The Labute approximate surface area is 199 Å². The molecule has 9 heteroatoms. The third-order valence-corrected chi connectivity index (χ3v) is 5.50. The number of hydrogen-bond donors (Lipinski definition) is 1. The number of nitrogens with one attached hydrogen (secondary N) is 1. The Morgan fingerprint density at radius 1 is 1.00 bits per heavy atom. The molecule has 0 unspecified atom stereocenters. The third-order valence-electron chi connectivity index (χ3n) is 5.50. The molecular formula is C26H23F4N3O2. The van der Waals surface area contributed by atoms with E-state index in [1.165, 1.54) is 18.2 Å². The minimum absolute atomic E-state index is 0.260. The molecule has 0 aliphatic rings. The largest absolute Gasteiger partial charge is 0.484 e. The summed E-state index contributed by atoms with van der Waals surface area (Å²) in [5.74, 6) is -2.95. The van der Waals surface area contributed by atoms with Gasteiger partial charge in [0, 0.05) is 5.39 Å². The summed E-state index contributed by atoms with van der Waals surface area (Å²) in [4.78, 5) is 12.2. The van der Waals surface area contributed by atoms with Crippen molar-refractivity contribution in [1.29, 1.82) is 0 Å². The number of aromatic nitrogens is 2. The lowest BCUT2D eigenvalue weighted by Crippen LogP contribution is -2.46. The third kappa shape index (κ3) is 5.29. The Bertz CT molecular complexity index is 1360. The Kier molecular flexibility index (Phi) is 6.51. The van der Waals surface area contributed by atoms with Crippen molar-refractivity contribution in [3.05, 3.63) is 89.9 Å². The predicted molar refractivity (Wildman–Crippen MR) is 124 cm³/mol. The highest BCUT2D eigenvalue weighted by atomic mass is 19.2. The van der Waals surface area contributed by atoms with Crippen molar-refractivity contribution >= 4 is 16.8 Å². The van der Waals surface area contributed by atoms with Crippen LogP contribution in [-0.4, -0.2) is 27.4 Å². The molecule has 0 aliphatic heterocycles. The van der Waals surface area contributed by atoms with Crippen LogP contribution in [0.4, 0.5) is 17.6 Å². The van der Waals surface area contributed by atoms with Crippen LogP contribution < -0.4 is 10.1 Å². The molecule has 5 nitrogen and oxygen atoms in total. The van der Waals surface area contributed by atoms with Gasteiger partial charge in [-0.2, -0.15) is 5.10 Å². The van der Waals surface area contributed by atoms with Gasteiger partial charge in [0.1, 0.15) is 17.7 Å². The lowest BCUT2D eigenvalue weighted by atomic mass is 10.0. The number of rotatable bonds is 7. The van der Waals surface area contributed by atoms with Crippen LogP contribution in [0.5, 0.6) is 5.75 Å². The number of carbonyl (C=O) groups is 1. The van der Waals surface area contributed by atoms with Gasteiger partial charge in [-0.15, -0.1) is 0 Å². The van der Waals surface area contributed by atoms with Crippen LogP contribution in [0.15, 0.2) is 66.9 Å². The summed E-state index contributed by atoms with van der Waals surface area (Å²) in [5, 5.41) is 7.59. The number of hydrogen-bond acceptors (Lipinski definition) is 3. The maximum Gasteiger partial charge on any atom is 0.257 e. The molecule has 182 valence electrons. The summed E-state index contributed by atoms with van der Waals surface area (Å²) in [6.07, 6.45) is 0.649. The van der Waals surface area contributed by atoms with Crippen molar-refractivity contribution in [3.63, 3.8) is 0 Å². The maximum atomic E-state index is 14.1. The molecule has 4 rings (SSSR count). The van der Waals surface area contributed by atoms with E-state index in [1.807, 2.05) is 0 Å². The minimum atomic E-state index is -2.14. The average molecular weight is 485 g/mol. The molecule has 0 radical (unpaired) electrons. The monoisotopic (exact) mass is 485 g/mol. The zero-order chi connectivity index (χ0) is 25.3. The Hall–Kier alpha value is -3.88. The molecule has 1 amide bonds. The van der Waals surface area contributed by atoms with Gasteiger partial charge in [0.15, 0.2) is 17.3 Å². The summed E-state index contributed by atoms with van der Waals surface area (Å²) in [7, 11) is 0. The molecule has 0 saturated carbocycles. The molecule has 0 spiro atoms. The van der Waals surface area contributed by atoms with Gasteiger partial charge >= 0.3 is 0 Å². The summed E-state index contributed by atoms with van der Waals surface area (Å²) in [6, 6.07) is 13.5. The quantitative estimate of drug-likeness (QED) is 0.336. The van der Waals surface area contributed by atoms with Crippen molar-refractivity contribution in [2.45, 2.75) is 38.6 Å². The number of carbonyl (C=O) groups excluding carboxylic acids is 1. The number of fused-ring (bicyclic) bond motifs is 1. The second-order valence-corrected chi connectivity index (χ2v) is 8.70. The van der Waals surface area contributed by atoms with Crippen molar-refractivity contribution in [1.82, 2.24) is 15.1 Å². The first-order valence-corrected chi connectivity index (χ1v) is 10.9. The average Bonchev–Trinajstić information content (AvgIpc) is 3.22. The lowest BCUT2D eigenvalue weighted by Gasteiger charge is -2.28. The number of benzene rings is 3. The van der Waals surface area contributed by atoms with E-state index in [2.05, 4.69) is 10.4 Å². The van der Waals surface area contributed by atoms with E-state index < -0.39 is 35.4 Å². The lowest BCUT2D eigenvalue weighted by molar-refractivity contribution is -0.132. The molecule has 35 heavy (non-hydrogen) atoms. The fraction of sp³-hybridized carbons (Fsp3) is 0.231. The molecule has 0 saturated heterocycles. The van der Waals surface area contributed by atoms with Gasteiger partial charge in [-0.1, -0.05) is 6.07 Å². The zero-order valence-electron chi connectivity index (χ0n) is 19.2. The van der Waals surface area contributed by atoms with Crippen LogP contribution in [0.2, 0.25) is 0 Å². The highest BCUT2D eigenvalue weighted by Gasteiger charge is 2.31. The molecule has 1 heterocycles. The molecule has 3 aromatic carbocycles. The Balaban J connectivity index is 1.66. The first-order chi connectivity index (χ1) is 16.5. The van der Waals surface area contributed by atoms with Crippen LogP contribution in [0, 0.1) is 17.5 Å². The predicted octanol–water partition coefficient (Wildman–Crippen LogP) is 5.82. The van der Waals surface area contributed by atoms with Gasteiger partial charge < -0.3 is 10.1 Å². The topological polar surface area (TPSA) is 56.1 Å². The van der Waals surface area contributed by atoms with Crippen molar-refractivity contribution in [2.24, 2.45) is 0 Å². The molecular weight excluding hydrogens is 462 g/mol. The fourth-order valence-corrected chi connectivity index (χ4v) is 3.62. The van der Waals surface area contributed by atoms with E-state index in [4.69, 9.17) is 4.74 Å². The van der Waals surface area contributed by atoms with Crippen LogP contribution in [0.1, 0.15) is 32.4 Å². The summed E-state index contributed by atoms with van der Waals surface area (Å²) in [5.41, 5.74) is -0.481. The van der Waals surface area contributed by atoms with Crippen LogP contribution in [0.3, 0.4) is 0 Å². The molecule has 4 aromatic rings. The van der Waals surface area contributed by atoms with E-state index in [1.54, 1.807) is 48.1 Å². The SMILES string of the molecule is C[C@H](NC(=O)C(C)(C)F)[C@H](Oc1ccc2c(cnn2-c2ccc(F)cc2)c1)c1ccc(F)c(F)c1. The Morgan fingerprint density at radius 2 is 1.71 bits per heavy atom. The molecule has 1 N–H and O–H groups in total. The fourth-order valence-electron chi connectivity index (χ4n) is 3.62. The molecule has 0 bridgehead atoms. The van der Waals surface area contributed by atoms with Gasteiger partial charge in [0.25, 0.3) is 5.91 Å². The van der Waals surface area contributed by atoms with E-state index >= 15 is 0 Å². The first kappa shape index (κ1) is 24.3. The van der Waals surface area contributed by atoms with Crippen molar-refractivity contribution in [2.75, 3.05) is 0 Å². The van der Waals surface area contributed by atoms with E-state index in [9.17, 15) is 22.4 Å². The van der Waals surface area contributed by atoms with E-state index in [0.29, 0.717) is 16.8 Å². The van der Waals surface area contributed by atoms with Crippen LogP contribution in [0.25, 0.3) is 16.6 Å². The van der Waals surface area contributed by atoms with Gasteiger partial charge in [0.05, 0.1) is 23.4 Å². The number of ether oxygens (including phenoxy) is 1. The van der Waals surface area contributed by atoms with Gasteiger partial charge in [-0.3, -0.25) is 4.79 Å². The minimum Gasteiger partial charge on any atom is -0.484 e. The van der Waals surface area contributed by atoms with Gasteiger partial charge in [-0.05, 0) is 80.9 Å². The normalized spacial score (nSPS) is 13.5. The van der Waals surface area contributed by atoms with Gasteiger partial charge in [0.2, 0.25) is 0 Å². The molecule has 0 aliphatic carbocycles. The summed E-state index contributed by atoms with van der Waals surface area (Å²) >= 11 is 0. The number of halogens is 4. The highest BCUT2D eigenvalue weighted by Crippen LogP contribution is 2.30. The molecule has 0 fully saturated rings. The number of nitrogens with zero attached hydrogens (tertiary/aromatic N) is 2. The summed E-state index contributed by atoms with van der Waals surface area (Å²) in [6.45, 7) is 3.82. The molecule has 2 atom stereocenters. The highest BCUT2D eigenvalue weighted by molar-refractivity contribution is 5.84. The summed E-state index contributed by atoms with van der Waals surface area (Å²) < 4.78 is 62.6. The van der Waals surface area contributed by atoms with Crippen LogP contribution in [-0.2, 0) is 4.79 Å². The van der Waals surface area contributed by atoms with Crippen molar-refractivity contribution < 1.29 is 27.1 Å². The first-order valence-electron chi connectivity index (χ1n) is 10.9. The molecule has 1 aromatic heterocycles. The number of alkyl halides is 1. The van der Waals surface area contributed by atoms with Crippen LogP contribution >= 0.6 is 0 Å². The van der Waals surface area contributed by atoms with Gasteiger partial charge in [-0.25, -0.2) is 22.2 Å². The van der Waals surface area contributed by atoms with Crippen molar-refractivity contribution in [3.8, 4) is 11.4 Å². The smallest absolute Gasteiger partial charge is 0.257 e. The second-order valence-electron chi connectivity index (χ2n) is 8.70.